The Hall–Kier alpha value is -1.27. The van der Waals surface area contributed by atoms with Crippen molar-refractivity contribution >= 4 is 11.3 Å². The molecule has 0 amide bonds. The second-order valence-corrected chi connectivity index (χ2v) is 6.68. The lowest BCUT2D eigenvalue weighted by Crippen LogP contribution is -2.29. The summed E-state index contributed by atoms with van der Waals surface area (Å²) >= 11 is 1.78. The molecule has 0 aliphatic carbocycles. The first-order valence-electron chi connectivity index (χ1n) is 7.08. The van der Waals surface area contributed by atoms with E-state index in [1.165, 1.54) is 4.88 Å². The molecular formula is C14H23N5S. The van der Waals surface area contributed by atoms with Gasteiger partial charge in [0.15, 0.2) is 5.82 Å². The molecule has 2 rings (SSSR count). The Bertz CT molecular complexity index is 517. The van der Waals surface area contributed by atoms with Gasteiger partial charge in [-0.05, 0) is 41.8 Å². The Labute approximate surface area is 124 Å². The molecule has 2 aromatic rings. The van der Waals surface area contributed by atoms with Gasteiger partial charge in [-0.15, -0.1) is 16.4 Å². The molecule has 1 atom stereocenters. The average Bonchev–Trinajstić information content (AvgIpc) is 3.06. The summed E-state index contributed by atoms with van der Waals surface area (Å²) in [6.45, 7) is 10.5. The Balaban J connectivity index is 2.12. The molecule has 0 bridgehead atoms. The summed E-state index contributed by atoms with van der Waals surface area (Å²) in [6, 6.07) is 4.44. The third kappa shape index (κ3) is 3.43. The third-order valence-electron chi connectivity index (χ3n) is 3.38. The largest absolute Gasteiger partial charge is 0.307 e. The molecule has 110 valence electrons. The van der Waals surface area contributed by atoms with Gasteiger partial charge in [0.2, 0.25) is 0 Å². The van der Waals surface area contributed by atoms with Gasteiger partial charge in [-0.25, -0.2) is 4.68 Å². The second-order valence-electron chi connectivity index (χ2n) is 5.73. The van der Waals surface area contributed by atoms with Crippen molar-refractivity contribution in [2.75, 3.05) is 6.54 Å². The molecule has 2 heterocycles. The molecule has 0 saturated heterocycles. The molecule has 0 saturated carbocycles. The summed E-state index contributed by atoms with van der Waals surface area (Å²) in [6.07, 6.45) is 1.10. The number of nitrogens with one attached hydrogen (secondary N) is 1. The van der Waals surface area contributed by atoms with Gasteiger partial charge in [-0.3, -0.25) is 0 Å². The predicted octanol–water partition coefficient (Wildman–Crippen LogP) is 2.77. The zero-order chi connectivity index (χ0) is 14.6. The Morgan fingerprint density at radius 1 is 1.45 bits per heavy atom. The maximum Gasteiger partial charge on any atom is 0.167 e. The van der Waals surface area contributed by atoms with Crippen LogP contribution in [0.4, 0.5) is 0 Å². The van der Waals surface area contributed by atoms with Gasteiger partial charge < -0.3 is 5.32 Å². The average molecular weight is 293 g/mol. The zero-order valence-corrected chi connectivity index (χ0v) is 13.4. The molecule has 0 spiro atoms. The van der Waals surface area contributed by atoms with E-state index in [0.717, 1.165) is 25.3 Å². The fourth-order valence-electron chi connectivity index (χ4n) is 2.20. The van der Waals surface area contributed by atoms with Crippen molar-refractivity contribution in [3.05, 3.63) is 28.2 Å². The topological polar surface area (TPSA) is 55.6 Å². The first-order chi connectivity index (χ1) is 9.54. The molecule has 0 fully saturated rings. The first-order valence-corrected chi connectivity index (χ1v) is 7.96. The summed E-state index contributed by atoms with van der Waals surface area (Å²) in [5, 5.41) is 17.7. The van der Waals surface area contributed by atoms with Crippen LogP contribution in [-0.4, -0.2) is 26.8 Å². The molecule has 0 radical (unpaired) electrons. The van der Waals surface area contributed by atoms with Gasteiger partial charge in [0.25, 0.3) is 0 Å². The van der Waals surface area contributed by atoms with Crippen LogP contribution in [0.3, 0.4) is 0 Å². The lowest BCUT2D eigenvalue weighted by molar-refractivity contribution is 0.384. The molecule has 1 N–H and O–H groups in total. The van der Waals surface area contributed by atoms with Crippen LogP contribution in [0.5, 0.6) is 0 Å². The number of thiophene rings is 1. The lowest BCUT2D eigenvalue weighted by Gasteiger charge is -2.24. The van der Waals surface area contributed by atoms with E-state index in [1.807, 2.05) is 4.68 Å². The number of aromatic nitrogens is 4. The maximum atomic E-state index is 4.18. The summed E-state index contributed by atoms with van der Waals surface area (Å²) in [5.41, 5.74) is 0.0305. The van der Waals surface area contributed by atoms with Gasteiger partial charge >= 0.3 is 0 Å². The van der Waals surface area contributed by atoms with Gasteiger partial charge in [0, 0.05) is 10.3 Å². The third-order valence-corrected chi connectivity index (χ3v) is 4.62. The van der Waals surface area contributed by atoms with Gasteiger partial charge in [-0.2, -0.15) is 0 Å². The van der Waals surface area contributed by atoms with E-state index in [2.05, 4.69) is 66.0 Å². The molecule has 1 unspecified atom stereocenters. The van der Waals surface area contributed by atoms with Crippen LogP contribution < -0.4 is 5.32 Å². The summed E-state index contributed by atoms with van der Waals surface area (Å²) < 4.78 is 1.92. The van der Waals surface area contributed by atoms with E-state index in [1.54, 1.807) is 11.3 Å². The van der Waals surface area contributed by atoms with E-state index in [4.69, 9.17) is 0 Å². The van der Waals surface area contributed by atoms with Crippen molar-refractivity contribution < 1.29 is 0 Å². The van der Waals surface area contributed by atoms with E-state index in [9.17, 15) is 0 Å². The number of hydrogen-bond acceptors (Lipinski definition) is 5. The minimum absolute atomic E-state index is 0.0305. The molecular weight excluding hydrogens is 270 g/mol. The highest BCUT2D eigenvalue weighted by Crippen LogP contribution is 2.29. The van der Waals surface area contributed by atoms with Crippen molar-refractivity contribution in [2.24, 2.45) is 0 Å². The quantitative estimate of drug-likeness (QED) is 0.853. The number of tetrazole rings is 1. The van der Waals surface area contributed by atoms with Crippen molar-refractivity contribution in [1.29, 1.82) is 0 Å². The molecule has 20 heavy (non-hydrogen) atoms. The van der Waals surface area contributed by atoms with Crippen LogP contribution in [0.15, 0.2) is 17.5 Å². The SMILES string of the molecule is CCCNC(C)c1nnnn1CC(C)(C)c1cccs1. The van der Waals surface area contributed by atoms with Crippen LogP contribution in [0.1, 0.15) is 50.9 Å². The van der Waals surface area contributed by atoms with Gasteiger partial charge in [-0.1, -0.05) is 26.8 Å². The van der Waals surface area contributed by atoms with Crippen LogP contribution in [-0.2, 0) is 12.0 Å². The predicted molar refractivity (Wildman–Crippen MR) is 81.9 cm³/mol. The molecule has 6 heteroatoms. The summed E-state index contributed by atoms with van der Waals surface area (Å²) in [5.74, 6) is 0.906. The van der Waals surface area contributed by atoms with E-state index in [-0.39, 0.29) is 11.5 Å². The van der Waals surface area contributed by atoms with Gasteiger partial charge in [0.05, 0.1) is 12.6 Å². The first kappa shape index (κ1) is 15.1. The monoisotopic (exact) mass is 293 g/mol. The fourth-order valence-corrected chi connectivity index (χ4v) is 3.05. The van der Waals surface area contributed by atoms with E-state index < -0.39 is 0 Å². The van der Waals surface area contributed by atoms with Crippen LogP contribution in [0, 0.1) is 0 Å². The normalized spacial score (nSPS) is 13.6. The standard InChI is InChI=1S/C14H23N5S/c1-5-8-15-11(2)13-16-17-18-19(13)10-14(3,4)12-7-6-9-20-12/h6-7,9,11,15H,5,8,10H2,1-4H3. The summed E-state index contributed by atoms with van der Waals surface area (Å²) in [7, 11) is 0. The summed E-state index contributed by atoms with van der Waals surface area (Å²) in [4.78, 5) is 1.35. The molecule has 0 aliphatic heterocycles. The Morgan fingerprint density at radius 2 is 2.25 bits per heavy atom. The van der Waals surface area contributed by atoms with E-state index >= 15 is 0 Å². The lowest BCUT2D eigenvalue weighted by atomic mass is 9.91. The maximum absolute atomic E-state index is 4.18. The smallest absolute Gasteiger partial charge is 0.167 e. The number of hydrogen-bond donors (Lipinski definition) is 1. The zero-order valence-electron chi connectivity index (χ0n) is 12.6. The highest BCUT2D eigenvalue weighted by atomic mass is 32.1. The number of nitrogens with zero attached hydrogens (tertiary/aromatic N) is 4. The van der Waals surface area contributed by atoms with E-state index in [0.29, 0.717) is 0 Å². The molecule has 5 nitrogen and oxygen atoms in total. The van der Waals surface area contributed by atoms with Crippen molar-refractivity contribution in [3.63, 3.8) is 0 Å². The van der Waals surface area contributed by atoms with Crippen LogP contribution >= 0.6 is 11.3 Å². The molecule has 2 aromatic heterocycles. The van der Waals surface area contributed by atoms with Crippen LogP contribution in [0.25, 0.3) is 0 Å². The highest BCUT2D eigenvalue weighted by Gasteiger charge is 2.25. The number of rotatable bonds is 7. The van der Waals surface area contributed by atoms with Crippen molar-refractivity contribution in [1.82, 2.24) is 25.5 Å². The molecule has 0 aliphatic rings. The second kappa shape index (κ2) is 6.45. The minimum atomic E-state index is 0.0305. The van der Waals surface area contributed by atoms with Crippen molar-refractivity contribution in [2.45, 2.75) is 52.1 Å². The molecule has 0 aromatic carbocycles. The Morgan fingerprint density at radius 3 is 2.90 bits per heavy atom. The Kier molecular flexibility index (Phi) is 4.88. The van der Waals surface area contributed by atoms with Gasteiger partial charge in [0.1, 0.15) is 0 Å². The van der Waals surface area contributed by atoms with Crippen LogP contribution in [0.2, 0.25) is 0 Å². The van der Waals surface area contributed by atoms with Crippen molar-refractivity contribution in [3.8, 4) is 0 Å². The minimum Gasteiger partial charge on any atom is -0.307 e. The highest BCUT2D eigenvalue weighted by molar-refractivity contribution is 7.10. The fraction of sp³-hybridized carbons (Fsp3) is 0.643.